The summed E-state index contributed by atoms with van der Waals surface area (Å²) in [7, 11) is -1.34. The summed E-state index contributed by atoms with van der Waals surface area (Å²) in [6.07, 6.45) is 4.24. The molecule has 1 aromatic carbocycles. The number of sulfone groups is 1. The lowest BCUT2D eigenvalue weighted by atomic mass is 10.0. The van der Waals surface area contributed by atoms with E-state index in [0.29, 0.717) is 12.0 Å². The van der Waals surface area contributed by atoms with Crippen LogP contribution in [0, 0.1) is 0 Å². The molecule has 2 aromatic rings. The Morgan fingerprint density at radius 2 is 2.07 bits per heavy atom. The Morgan fingerprint density at radius 1 is 1.26 bits per heavy atom. The highest BCUT2D eigenvalue weighted by molar-refractivity contribution is 7.91. The van der Waals surface area contributed by atoms with Gasteiger partial charge in [-0.1, -0.05) is 18.2 Å². The van der Waals surface area contributed by atoms with Crippen molar-refractivity contribution in [1.82, 2.24) is 9.88 Å². The largest absolute Gasteiger partial charge is 0.338 e. The first-order valence-corrected chi connectivity index (χ1v) is 11.1. The van der Waals surface area contributed by atoms with Crippen molar-refractivity contribution in [2.24, 2.45) is 0 Å². The molecule has 0 saturated carbocycles. The topological polar surface area (TPSA) is 70.6 Å². The summed E-state index contributed by atoms with van der Waals surface area (Å²) in [4.78, 5) is 21.1. The lowest BCUT2D eigenvalue weighted by Gasteiger charge is -2.31. The van der Waals surface area contributed by atoms with Gasteiger partial charge in [0.2, 0.25) is 0 Å². The molecule has 142 valence electrons. The van der Waals surface area contributed by atoms with Crippen molar-refractivity contribution in [3.05, 3.63) is 53.7 Å². The molecule has 0 bridgehead atoms. The van der Waals surface area contributed by atoms with Crippen molar-refractivity contribution in [3.8, 4) is 0 Å². The van der Waals surface area contributed by atoms with Crippen molar-refractivity contribution in [3.63, 3.8) is 0 Å². The predicted octanol–water partition coefficient (Wildman–Crippen LogP) is 2.43. The summed E-state index contributed by atoms with van der Waals surface area (Å²) in [5.74, 6) is 0.792. The van der Waals surface area contributed by atoms with Crippen molar-refractivity contribution in [2.45, 2.75) is 25.3 Å². The van der Waals surface area contributed by atoms with Gasteiger partial charge in [-0.2, -0.15) is 0 Å². The lowest BCUT2D eigenvalue weighted by Crippen LogP contribution is -2.38. The van der Waals surface area contributed by atoms with E-state index in [2.05, 4.69) is 22.0 Å². The van der Waals surface area contributed by atoms with E-state index >= 15 is 0 Å². The molecule has 0 radical (unpaired) electrons. The van der Waals surface area contributed by atoms with Gasteiger partial charge in [0.15, 0.2) is 9.84 Å². The summed E-state index contributed by atoms with van der Waals surface area (Å²) >= 11 is 0. The molecular formula is C20H23N3O3S. The number of para-hydroxylation sites is 1. The van der Waals surface area contributed by atoms with E-state index < -0.39 is 9.84 Å². The van der Waals surface area contributed by atoms with Gasteiger partial charge in [0.1, 0.15) is 5.82 Å². The van der Waals surface area contributed by atoms with E-state index in [9.17, 15) is 13.2 Å². The van der Waals surface area contributed by atoms with Crippen molar-refractivity contribution in [2.75, 3.05) is 30.0 Å². The summed E-state index contributed by atoms with van der Waals surface area (Å²) in [5.41, 5.74) is 2.96. The normalized spacial score (nSPS) is 20.9. The van der Waals surface area contributed by atoms with Crippen LogP contribution in [0.25, 0.3) is 0 Å². The van der Waals surface area contributed by atoms with Gasteiger partial charge < -0.3 is 9.80 Å². The van der Waals surface area contributed by atoms with Gasteiger partial charge in [0, 0.05) is 37.1 Å². The number of hydrogen-bond donors (Lipinski definition) is 0. The molecule has 2 aliphatic rings. The Labute approximate surface area is 159 Å². The number of aromatic nitrogens is 1. The van der Waals surface area contributed by atoms with Crippen LogP contribution in [-0.2, 0) is 16.3 Å². The minimum atomic E-state index is -3.03. The van der Waals surface area contributed by atoms with Crippen LogP contribution in [0.3, 0.4) is 0 Å². The molecule has 4 rings (SSSR count). The van der Waals surface area contributed by atoms with E-state index in [1.54, 1.807) is 24.2 Å². The van der Waals surface area contributed by atoms with Crippen LogP contribution in [0.15, 0.2) is 42.6 Å². The van der Waals surface area contributed by atoms with Crippen LogP contribution in [-0.4, -0.2) is 55.3 Å². The molecule has 1 aromatic heterocycles. The molecule has 1 unspecified atom stereocenters. The number of amides is 1. The summed E-state index contributed by atoms with van der Waals surface area (Å²) in [5, 5.41) is 0. The predicted molar refractivity (Wildman–Crippen MR) is 105 cm³/mol. The number of anilines is 2. The molecule has 1 atom stereocenters. The summed E-state index contributed by atoms with van der Waals surface area (Å²) in [6.45, 7) is 0.859. The van der Waals surface area contributed by atoms with Crippen LogP contribution in [0.1, 0.15) is 28.8 Å². The molecule has 6 nitrogen and oxygen atoms in total. The maximum Gasteiger partial charge on any atom is 0.254 e. The van der Waals surface area contributed by atoms with Crippen molar-refractivity contribution in [1.29, 1.82) is 0 Å². The Bertz CT molecular complexity index is 974. The van der Waals surface area contributed by atoms with Crippen LogP contribution >= 0.6 is 0 Å². The first-order valence-electron chi connectivity index (χ1n) is 9.24. The summed E-state index contributed by atoms with van der Waals surface area (Å²) < 4.78 is 23.5. The van der Waals surface area contributed by atoms with Gasteiger partial charge in [0.05, 0.1) is 11.5 Å². The standard InChI is InChI=1S/C20H23N3O3S/c1-22(17-9-12-27(25,26)14-17)20(24)16-8-10-21-19(13-16)23-11-4-6-15-5-2-3-7-18(15)23/h2-3,5,7-8,10,13,17H,4,6,9,11-12,14H2,1H3. The molecule has 1 amide bonds. The zero-order valence-electron chi connectivity index (χ0n) is 15.3. The number of rotatable bonds is 3. The number of benzene rings is 1. The second kappa shape index (κ2) is 6.96. The highest BCUT2D eigenvalue weighted by atomic mass is 32.2. The summed E-state index contributed by atoms with van der Waals surface area (Å²) in [6, 6.07) is 11.5. The fraction of sp³-hybridized carbons (Fsp3) is 0.400. The van der Waals surface area contributed by atoms with E-state index in [-0.39, 0.29) is 23.5 Å². The molecule has 0 spiro atoms. The van der Waals surface area contributed by atoms with Crippen molar-refractivity contribution < 1.29 is 13.2 Å². The Kier molecular flexibility index (Phi) is 4.63. The number of pyridine rings is 1. The fourth-order valence-corrected chi connectivity index (χ4v) is 5.70. The second-order valence-corrected chi connectivity index (χ2v) is 9.49. The van der Waals surface area contributed by atoms with E-state index in [4.69, 9.17) is 0 Å². The quantitative estimate of drug-likeness (QED) is 0.812. The number of hydrogen-bond acceptors (Lipinski definition) is 5. The maximum atomic E-state index is 12.9. The van der Waals surface area contributed by atoms with Gasteiger partial charge in [-0.3, -0.25) is 4.79 Å². The minimum Gasteiger partial charge on any atom is -0.338 e. The third-order valence-electron chi connectivity index (χ3n) is 5.46. The van der Waals surface area contributed by atoms with Crippen LogP contribution in [0.4, 0.5) is 11.5 Å². The van der Waals surface area contributed by atoms with E-state index in [1.807, 2.05) is 18.2 Å². The second-order valence-electron chi connectivity index (χ2n) is 7.26. The zero-order chi connectivity index (χ0) is 19.0. The van der Waals surface area contributed by atoms with Gasteiger partial charge >= 0.3 is 0 Å². The van der Waals surface area contributed by atoms with Crippen LogP contribution in [0.2, 0.25) is 0 Å². The average molecular weight is 385 g/mol. The first-order chi connectivity index (χ1) is 12.9. The highest BCUT2D eigenvalue weighted by Crippen LogP contribution is 2.32. The van der Waals surface area contributed by atoms with Crippen molar-refractivity contribution >= 4 is 27.2 Å². The SMILES string of the molecule is CN(C(=O)c1ccnc(N2CCCc3ccccc32)c1)C1CCS(=O)(=O)C1. The van der Waals surface area contributed by atoms with Gasteiger partial charge in [-0.15, -0.1) is 0 Å². The molecule has 7 heteroatoms. The van der Waals surface area contributed by atoms with Crippen LogP contribution in [0.5, 0.6) is 0 Å². The average Bonchev–Trinajstić information content (AvgIpc) is 3.06. The zero-order valence-corrected chi connectivity index (χ0v) is 16.2. The molecule has 3 heterocycles. The third-order valence-corrected chi connectivity index (χ3v) is 7.21. The monoisotopic (exact) mass is 385 g/mol. The van der Waals surface area contributed by atoms with E-state index in [1.165, 1.54) is 5.56 Å². The Balaban J connectivity index is 1.59. The molecule has 2 aliphatic heterocycles. The Morgan fingerprint density at radius 3 is 2.85 bits per heavy atom. The molecular weight excluding hydrogens is 362 g/mol. The smallest absolute Gasteiger partial charge is 0.254 e. The van der Waals surface area contributed by atoms with Gasteiger partial charge in [-0.25, -0.2) is 13.4 Å². The maximum absolute atomic E-state index is 12.9. The van der Waals surface area contributed by atoms with Crippen LogP contribution < -0.4 is 4.90 Å². The first kappa shape index (κ1) is 18.0. The molecule has 27 heavy (non-hydrogen) atoms. The minimum absolute atomic E-state index is 0.0483. The number of carbonyl (C=O) groups excluding carboxylic acids is 1. The van der Waals surface area contributed by atoms with E-state index in [0.717, 1.165) is 30.9 Å². The molecule has 0 aliphatic carbocycles. The molecule has 1 saturated heterocycles. The number of nitrogens with zero attached hydrogens (tertiary/aromatic N) is 3. The molecule has 0 N–H and O–H groups in total. The Hall–Kier alpha value is -2.41. The fourth-order valence-electron chi connectivity index (χ4n) is 3.92. The third kappa shape index (κ3) is 3.56. The highest BCUT2D eigenvalue weighted by Gasteiger charge is 2.33. The van der Waals surface area contributed by atoms with Gasteiger partial charge in [0.25, 0.3) is 5.91 Å². The molecule has 1 fully saturated rings. The van der Waals surface area contributed by atoms with Gasteiger partial charge in [-0.05, 0) is 43.0 Å². The number of aryl methyl sites for hydroxylation is 1. The number of fused-ring (bicyclic) bond motifs is 1. The number of carbonyl (C=O) groups is 1. The lowest BCUT2D eigenvalue weighted by molar-refractivity contribution is 0.0747.